The molecule has 3 aromatic rings. The molecule has 1 fully saturated rings. The number of allylic oxidation sites excluding steroid dienone is 2. The molecule has 2 unspecified atom stereocenters. The number of esters is 1. The van der Waals surface area contributed by atoms with Crippen LogP contribution in [0, 0.1) is 28.8 Å². The maximum absolute atomic E-state index is 15.6. The molecule has 0 spiro atoms. The number of aromatic nitrogens is 3. The van der Waals surface area contributed by atoms with Gasteiger partial charge in [-0.25, -0.2) is 27.6 Å². The number of likely N-dealkylation sites (N-methyl/N-ethyl adjacent to an activating group) is 1. The third-order valence-electron chi connectivity index (χ3n) is 7.98. The number of rotatable bonds is 17. The van der Waals surface area contributed by atoms with E-state index in [9.17, 15) is 28.0 Å². The van der Waals surface area contributed by atoms with E-state index < -0.39 is 78.4 Å². The summed E-state index contributed by atoms with van der Waals surface area (Å²) in [5, 5.41) is 20.6. The van der Waals surface area contributed by atoms with Gasteiger partial charge in [-0.3, -0.25) is 14.4 Å². The van der Waals surface area contributed by atoms with Crippen LogP contribution in [0.3, 0.4) is 0 Å². The molecule has 0 radical (unpaired) electrons. The van der Waals surface area contributed by atoms with Crippen molar-refractivity contribution < 1.29 is 61.1 Å². The topological polar surface area (TPSA) is 192 Å². The second kappa shape index (κ2) is 20.1. The van der Waals surface area contributed by atoms with Gasteiger partial charge in [-0.2, -0.15) is 10.4 Å². The Morgan fingerprint density at radius 3 is 2.53 bits per heavy atom. The summed E-state index contributed by atoms with van der Waals surface area (Å²) in [5.41, 5.74) is -1.69. The first-order valence-corrected chi connectivity index (χ1v) is 17.4. The van der Waals surface area contributed by atoms with Crippen LogP contribution in [0.1, 0.15) is 36.5 Å². The van der Waals surface area contributed by atoms with Crippen LogP contribution < -0.4 is 0 Å². The Bertz CT molecular complexity index is 1920. The minimum absolute atomic E-state index is 0.137. The van der Waals surface area contributed by atoms with Crippen molar-refractivity contribution in [3.05, 3.63) is 101 Å². The van der Waals surface area contributed by atoms with Gasteiger partial charge >= 0.3 is 18.1 Å². The lowest BCUT2D eigenvalue weighted by Crippen LogP contribution is -2.47. The molecule has 1 amide bonds. The van der Waals surface area contributed by atoms with E-state index in [1.165, 1.54) is 54.4 Å². The number of carboxylic acid groups (broad SMARTS) is 1. The molecule has 55 heavy (non-hydrogen) atoms. The molecule has 2 aromatic carbocycles. The van der Waals surface area contributed by atoms with Gasteiger partial charge in [-0.15, -0.1) is 11.8 Å². The third kappa shape index (κ3) is 12.4. The number of nitrogens with zero attached hydrogens (tertiary/aromatic N) is 5. The van der Waals surface area contributed by atoms with E-state index in [1.54, 1.807) is 25.2 Å². The van der Waals surface area contributed by atoms with Crippen LogP contribution in [0.2, 0.25) is 0 Å². The molecular formula is C36H36F3N5O10S. The van der Waals surface area contributed by atoms with Crippen molar-refractivity contribution in [1.29, 1.82) is 5.26 Å². The van der Waals surface area contributed by atoms with Gasteiger partial charge in [0, 0.05) is 35.9 Å². The van der Waals surface area contributed by atoms with Crippen molar-refractivity contribution in [2.75, 3.05) is 33.6 Å². The normalized spacial score (nSPS) is 17.2. The summed E-state index contributed by atoms with van der Waals surface area (Å²) in [6, 6.07) is 8.72. The number of halogens is 3. The van der Waals surface area contributed by atoms with E-state index in [4.69, 9.17) is 34.1 Å². The minimum Gasteiger partial charge on any atom is -0.480 e. The van der Waals surface area contributed by atoms with E-state index in [2.05, 4.69) is 10.1 Å². The van der Waals surface area contributed by atoms with Gasteiger partial charge in [0.05, 0.1) is 43.1 Å². The number of aliphatic carboxylic acids is 1. The number of ether oxygens (including phenoxy) is 5. The maximum atomic E-state index is 15.6. The first-order chi connectivity index (χ1) is 26.3. The Morgan fingerprint density at radius 2 is 1.87 bits per heavy atom. The summed E-state index contributed by atoms with van der Waals surface area (Å²) in [6.45, 7) is 0.0801. The smallest absolute Gasteiger partial charge is 0.480 e. The first kappa shape index (κ1) is 42.0. The third-order valence-corrected chi connectivity index (χ3v) is 9.43. The molecule has 1 aromatic heterocycles. The number of amides is 1. The van der Waals surface area contributed by atoms with Gasteiger partial charge in [0.2, 0.25) is 12.7 Å². The Morgan fingerprint density at radius 1 is 1.11 bits per heavy atom. The van der Waals surface area contributed by atoms with Crippen LogP contribution in [0.5, 0.6) is 0 Å². The lowest BCUT2D eigenvalue weighted by Gasteiger charge is -2.40. The molecule has 292 valence electrons. The number of carboxylic acids is 1. The molecule has 1 saturated heterocycles. The number of carbonyl (C=O) groups excluding carboxylic acids is 3. The fraction of sp³-hybridized carbons (Fsp3) is 0.361. The highest BCUT2D eigenvalue weighted by molar-refractivity contribution is 8.00. The zero-order valence-corrected chi connectivity index (χ0v) is 30.3. The van der Waals surface area contributed by atoms with Crippen LogP contribution in [-0.2, 0) is 50.2 Å². The van der Waals surface area contributed by atoms with Crippen molar-refractivity contribution in [3.8, 4) is 6.07 Å². The fourth-order valence-corrected chi connectivity index (χ4v) is 6.57. The molecule has 19 heteroatoms. The van der Waals surface area contributed by atoms with Gasteiger partial charge in [0.25, 0.3) is 0 Å². The van der Waals surface area contributed by atoms with E-state index in [-0.39, 0.29) is 48.1 Å². The summed E-state index contributed by atoms with van der Waals surface area (Å²) in [7, 11) is 1.25. The molecule has 1 aliphatic rings. The zero-order chi connectivity index (χ0) is 40.0. The summed E-state index contributed by atoms with van der Waals surface area (Å²) in [6.07, 6.45) is 5.86. The van der Waals surface area contributed by atoms with Crippen molar-refractivity contribution >= 4 is 41.8 Å². The van der Waals surface area contributed by atoms with Crippen molar-refractivity contribution in [1.82, 2.24) is 19.7 Å². The molecule has 1 N–H and O–H groups in total. The number of thioether (sulfide) groups is 1. The SMILES string of the molecule is CC(SC1COC(C=CC=Cc2ccc(C#N)cc2F)OC1)C(Cn1cncn1)(OC(=O)OCOC(=O)CCC(=O)N(C)CC(=O)O)c1ccc(F)cc1F. The molecule has 15 nitrogen and oxygen atoms in total. The highest BCUT2D eigenvalue weighted by Crippen LogP contribution is 2.42. The molecule has 0 aliphatic carbocycles. The molecule has 1 aliphatic heterocycles. The average molecular weight is 788 g/mol. The summed E-state index contributed by atoms with van der Waals surface area (Å²) in [4.78, 5) is 53.0. The number of carbonyl (C=O) groups is 4. The number of benzene rings is 2. The van der Waals surface area contributed by atoms with E-state index in [1.807, 2.05) is 6.07 Å². The lowest BCUT2D eigenvalue weighted by atomic mass is 9.89. The lowest BCUT2D eigenvalue weighted by molar-refractivity contribution is -0.156. The van der Waals surface area contributed by atoms with E-state index in [0.717, 1.165) is 23.1 Å². The molecule has 2 atom stereocenters. The van der Waals surface area contributed by atoms with E-state index in [0.29, 0.717) is 6.07 Å². The second-order valence-corrected chi connectivity index (χ2v) is 13.6. The summed E-state index contributed by atoms with van der Waals surface area (Å²) < 4.78 is 72.5. The average Bonchev–Trinajstić information content (AvgIpc) is 3.65. The van der Waals surface area contributed by atoms with Crippen LogP contribution >= 0.6 is 11.8 Å². The molecule has 4 rings (SSSR count). The standard InChI is InChI=1S/C36H36F3N5O10S/c1-23(55-27-17-50-34(51-18-27)6-4-3-5-25-8-7-24(15-40)13-29(25)38)36(19-44-21-41-20-42-44,28-10-9-26(37)14-30(28)39)54-35(49)53-22-52-33(48)12-11-31(45)43(2)16-32(46)47/h3-10,13-14,20-21,23,27,34H,11-12,16-19,22H2,1-2H3,(H,46,47). The second-order valence-electron chi connectivity index (χ2n) is 11.9. The van der Waals surface area contributed by atoms with Gasteiger partial charge in [-0.05, 0) is 37.3 Å². The Labute approximate surface area is 317 Å². The minimum atomic E-state index is -1.94. The van der Waals surface area contributed by atoms with E-state index >= 15 is 4.39 Å². The summed E-state index contributed by atoms with van der Waals surface area (Å²) >= 11 is 1.21. The molecule has 2 heterocycles. The Kier molecular flexibility index (Phi) is 15.4. The van der Waals surface area contributed by atoms with Gasteiger partial charge in [-0.1, -0.05) is 24.3 Å². The quantitative estimate of drug-likeness (QED) is 0.114. The molecule has 0 bridgehead atoms. The van der Waals surface area contributed by atoms with Crippen molar-refractivity contribution in [3.63, 3.8) is 0 Å². The van der Waals surface area contributed by atoms with Gasteiger partial charge in [0.1, 0.15) is 36.7 Å². The fourth-order valence-electron chi connectivity index (χ4n) is 5.21. The monoisotopic (exact) mass is 787 g/mol. The molecular weight excluding hydrogens is 751 g/mol. The van der Waals surface area contributed by atoms with Crippen LogP contribution in [0.15, 0.2) is 67.3 Å². The highest BCUT2D eigenvalue weighted by Gasteiger charge is 2.47. The van der Waals surface area contributed by atoms with Crippen LogP contribution in [0.4, 0.5) is 18.0 Å². The van der Waals surface area contributed by atoms with Gasteiger partial charge in [0.15, 0.2) is 11.9 Å². The van der Waals surface area contributed by atoms with Crippen molar-refractivity contribution in [2.24, 2.45) is 0 Å². The maximum Gasteiger partial charge on any atom is 0.512 e. The summed E-state index contributed by atoms with van der Waals surface area (Å²) in [5.74, 6) is -5.27. The Balaban J connectivity index is 1.43. The number of hydrogen-bond acceptors (Lipinski definition) is 13. The van der Waals surface area contributed by atoms with Crippen molar-refractivity contribution in [2.45, 2.75) is 48.7 Å². The Hall–Kier alpha value is -5.71. The van der Waals surface area contributed by atoms with Gasteiger partial charge < -0.3 is 33.7 Å². The number of hydrogen-bond donors (Lipinski definition) is 1. The van der Waals surface area contributed by atoms with Crippen LogP contribution in [0.25, 0.3) is 6.08 Å². The number of nitriles is 1. The first-order valence-electron chi connectivity index (χ1n) is 16.5. The van der Waals surface area contributed by atoms with Crippen LogP contribution in [-0.4, -0.2) is 99.2 Å². The highest BCUT2D eigenvalue weighted by atomic mass is 32.2. The largest absolute Gasteiger partial charge is 0.512 e. The molecule has 0 saturated carbocycles. The zero-order valence-electron chi connectivity index (χ0n) is 29.5. The predicted octanol–water partition coefficient (Wildman–Crippen LogP) is 4.57. The predicted molar refractivity (Wildman–Crippen MR) is 187 cm³/mol.